The number of hydrogen-bond donors (Lipinski definition) is 1. The molecule has 0 aliphatic heterocycles. The Morgan fingerprint density at radius 2 is 1.90 bits per heavy atom. The Balaban J connectivity index is 1.72. The third-order valence-corrected chi connectivity index (χ3v) is 4.94. The molecule has 0 saturated carbocycles. The van der Waals surface area contributed by atoms with Gasteiger partial charge in [-0.25, -0.2) is 0 Å². The van der Waals surface area contributed by atoms with Crippen LogP contribution in [0.5, 0.6) is 11.5 Å². The number of amides is 1. The molecule has 3 rings (SSSR count). The van der Waals surface area contributed by atoms with Gasteiger partial charge >= 0.3 is 0 Å². The molecule has 0 heterocycles. The summed E-state index contributed by atoms with van der Waals surface area (Å²) < 4.78 is 11.0. The van der Waals surface area contributed by atoms with Crippen LogP contribution in [0.4, 0.5) is 11.4 Å². The van der Waals surface area contributed by atoms with E-state index in [0.717, 1.165) is 22.4 Å². The first kappa shape index (κ1) is 22.7. The number of ether oxygens (including phenoxy) is 2. The summed E-state index contributed by atoms with van der Waals surface area (Å²) in [5.74, 6) is 0.394. The van der Waals surface area contributed by atoms with E-state index in [9.17, 15) is 4.79 Å². The summed E-state index contributed by atoms with van der Waals surface area (Å²) in [5, 5.41) is 3.71. The van der Waals surface area contributed by atoms with Crippen molar-refractivity contribution in [3.05, 3.63) is 81.3 Å². The number of halogens is 2. The SMILES string of the molecule is COc1cc(C=Nc2cc(Cl)ccc2C)cc(Cl)c1OCC(=O)Nc1cccc(C)c1. The van der Waals surface area contributed by atoms with Crippen LogP contribution >= 0.6 is 23.2 Å². The van der Waals surface area contributed by atoms with E-state index in [1.165, 1.54) is 7.11 Å². The van der Waals surface area contributed by atoms with Crippen LogP contribution in [0.3, 0.4) is 0 Å². The van der Waals surface area contributed by atoms with Gasteiger partial charge in [0, 0.05) is 16.9 Å². The number of hydrogen-bond acceptors (Lipinski definition) is 4. The average Bonchev–Trinajstić information content (AvgIpc) is 2.73. The number of aliphatic imine (C=N–C) groups is 1. The monoisotopic (exact) mass is 456 g/mol. The van der Waals surface area contributed by atoms with Gasteiger partial charge < -0.3 is 14.8 Å². The molecule has 3 aromatic carbocycles. The lowest BCUT2D eigenvalue weighted by Gasteiger charge is -2.13. The molecule has 0 fully saturated rings. The molecule has 0 radical (unpaired) electrons. The molecule has 0 bridgehead atoms. The van der Waals surface area contributed by atoms with Gasteiger partial charge in [0.15, 0.2) is 18.1 Å². The van der Waals surface area contributed by atoms with Gasteiger partial charge in [-0.1, -0.05) is 41.4 Å². The van der Waals surface area contributed by atoms with Crippen molar-refractivity contribution in [1.29, 1.82) is 0 Å². The molecule has 0 spiro atoms. The molecule has 0 saturated heterocycles. The highest BCUT2D eigenvalue weighted by Crippen LogP contribution is 2.36. The van der Waals surface area contributed by atoms with Crippen LogP contribution in [0.1, 0.15) is 16.7 Å². The van der Waals surface area contributed by atoms with Crippen molar-refractivity contribution in [3.8, 4) is 11.5 Å². The minimum Gasteiger partial charge on any atom is -0.493 e. The Morgan fingerprint density at radius 1 is 1.10 bits per heavy atom. The number of carbonyl (C=O) groups excluding carboxylic acids is 1. The van der Waals surface area contributed by atoms with Crippen molar-refractivity contribution < 1.29 is 14.3 Å². The fraction of sp³-hybridized carbons (Fsp3) is 0.167. The molecule has 3 aromatic rings. The van der Waals surface area contributed by atoms with Crippen LogP contribution in [0.2, 0.25) is 10.0 Å². The number of benzene rings is 3. The molecule has 31 heavy (non-hydrogen) atoms. The van der Waals surface area contributed by atoms with E-state index in [4.69, 9.17) is 32.7 Å². The number of methoxy groups -OCH3 is 1. The first-order valence-corrected chi connectivity index (χ1v) is 10.3. The Morgan fingerprint density at radius 3 is 2.65 bits per heavy atom. The molecule has 7 heteroatoms. The number of aryl methyl sites for hydroxylation is 2. The van der Waals surface area contributed by atoms with Gasteiger partial charge in [0.2, 0.25) is 0 Å². The van der Waals surface area contributed by atoms with Gasteiger partial charge in [0.25, 0.3) is 5.91 Å². The lowest BCUT2D eigenvalue weighted by Crippen LogP contribution is -2.20. The Kier molecular flexibility index (Phi) is 7.55. The molecule has 0 aromatic heterocycles. The van der Waals surface area contributed by atoms with Gasteiger partial charge in [-0.2, -0.15) is 0 Å². The summed E-state index contributed by atoms with van der Waals surface area (Å²) >= 11 is 12.4. The second kappa shape index (κ2) is 10.3. The molecule has 0 aliphatic rings. The maximum atomic E-state index is 12.2. The molecule has 1 amide bonds. The molecular formula is C24H22Cl2N2O3. The summed E-state index contributed by atoms with van der Waals surface area (Å²) in [6.45, 7) is 3.70. The smallest absolute Gasteiger partial charge is 0.262 e. The predicted octanol–water partition coefficient (Wildman–Crippen LogP) is 6.39. The van der Waals surface area contributed by atoms with Crippen molar-refractivity contribution in [2.45, 2.75) is 13.8 Å². The van der Waals surface area contributed by atoms with Crippen LogP contribution in [-0.2, 0) is 4.79 Å². The zero-order chi connectivity index (χ0) is 22.4. The molecule has 0 atom stereocenters. The highest BCUT2D eigenvalue weighted by atomic mass is 35.5. The first-order valence-electron chi connectivity index (χ1n) is 9.53. The van der Waals surface area contributed by atoms with Gasteiger partial charge in [-0.3, -0.25) is 9.79 Å². The minimum absolute atomic E-state index is 0.209. The largest absolute Gasteiger partial charge is 0.493 e. The van der Waals surface area contributed by atoms with Crippen molar-refractivity contribution in [3.63, 3.8) is 0 Å². The first-order chi connectivity index (χ1) is 14.9. The molecule has 5 nitrogen and oxygen atoms in total. The average molecular weight is 457 g/mol. The van der Waals surface area contributed by atoms with E-state index in [-0.39, 0.29) is 12.5 Å². The van der Waals surface area contributed by atoms with Crippen LogP contribution in [0.15, 0.2) is 59.6 Å². The number of nitrogens with zero attached hydrogens (tertiary/aromatic N) is 1. The van der Waals surface area contributed by atoms with Crippen LogP contribution in [-0.4, -0.2) is 25.8 Å². The van der Waals surface area contributed by atoms with Crippen LogP contribution < -0.4 is 14.8 Å². The summed E-state index contributed by atoms with van der Waals surface area (Å²) in [6.07, 6.45) is 1.67. The van der Waals surface area contributed by atoms with Crippen LogP contribution in [0.25, 0.3) is 0 Å². The zero-order valence-electron chi connectivity index (χ0n) is 17.4. The number of anilines is 1. The minimum atomic E-state index is -0.300. The summed E-state index contributed by atoms with van der Waals surface area (Å²) in [4.78, 5) is 16.7. The lowest BCUT2D eigenvalue weighted by atomic mass is 10.2. The normalized spacial score (nSPS) is 10.9. The Labute approximate surface area is 191 Å². The highest BCUT2D eigenvalue weighted by molar-refractivity contribution is 6.32. The topological polar surface area (TPSA) is 59.9 Å². The third kappa shape index (κ3) is 6.23. The molecule has 1 N–H and O–H groups in total. The predicted molar refractivity (Wildman–Crippen MR) is 127 cm³/mol. The van der Waals surface area contributed by atoms with Crippen molar-refractivity contribution in [2.24, 2.45) is 4.99 Å². The molecule has 160 valence electrons. The summed E-state index contributed by atoms with van der Waals surface area (Å²) in [6, 6.07) is 16.5. The van der Waals surface area contributed by atoms with E-state index in [1.54, 1.807) is 24.4 Å². The Hall–Kier alpha value is -3.02. The zero-order valence-corrected chi connectivity index (χ0v) is 18.9. The number of nitrogens with one attached hydrogen (secondary N) is 1. The third-order valence-electron chi connectivity index (χ3n) is 4.43. The highest BCUT2D eigenvalue weighted by Gasteiger charge is 2.14. The summed E-state index contributed by atoms with van der Waals surface area (Å²) in [7, 11) is 1.51. The van der Waals surface area contributed by atoms with Gasteiger partial charge in [-0.05, 0) is 66.9 Å². The fourth-order valence-corrected chi connectivity index (χ4v) is 3.32. The Bertz CT molecular complexity index is 1130. The number of rotatable bonds is 7. The van der Waals surface area contributed by atoms with Crippen molar-refractivity contribution in [2.75, 3.05) is 19.0 Å². The van der Waals surface area contributed by atoms with Crippen molar-refractivity contribution >= 4 is 46.7 Å². The van der Waals surface area contributed by atoms with Gasteiger partial charge in [-0.15, -0.1) is 0 Å². The lowest BCUT2D eigenvalue weighted by molar-refractivity contribution is -0.118. The number of carbonyl (C=O) groups is 1. The quantitative estimate of drug-likeness (QED) is 0.419. The standard InChI is InChI=1S/C24H22Cl2N2O3/c1-15-5-4-6-19(9-15)28-23(29)14-31-24-20(26)10-17(11-22(24)30-3)13-27-21-12-18(25)8-7-16(21)2/h4-13H,14H2,1-3H3,(H,28,29). The molecular weight excluding hydrogens is 435 g/mol. The second-order valence-electron chi connectivity index (χ2n) is 6.93. The van der Waals surface area contributed by atoms with Crippen LogP contribution in [0, 0.1) is 13.8 Å². The molecule has 0 aliphatic carbocycles. The van der Waals surface area contributed by atoms with E-state index in [2.05, 4.69) is 10.3 Å². The molecule has 0 unspecified atom stereocenters. The van der Waals surface area contributed by atoms with Gasteiger partial charge in [0.1, 0.15) is 0 Å². The van der Waals surface area contributed by atoms with E-state index >= 15 is 0 Å². The van der Waals surface area contributed by atoms with Gasteiger partial charge in [0.05, 0.1) is 17.8 Å². The maximum absolute atomic E-state index is 12.2. The second-order valence-corrected chi connectivity index (χ2v) is 7.77. The van der Waals surface area contributed by atoms with Crippen molar-refractivity contribution in [1.82, 2.24) is 0 Å². The fourth-order valence-electron chi connectivity index (χ4n) is 2.88. The summed E-state index contributed by atoms with van der Waals surface area (Å²) in [5.41, 5.74) is 4.23. The van der Waals surface area contributed by atoms with E-state index in [0.29, 0.717) is 27.2 Å². The van der Waals surface area contributed by atoms with E-state index in [1.807, 2.05) is 50.2 Å². The van der Waals surface area contributed by atoms with E-state index < -0.39 is 0 Å². The maximum Gasteiger partial charge on any atom is 0.262 e.